The van der Waals surface area contributed by atoms with Crippen molar-refractivity contribution >= 4 is 21.6 Å². The lowest BCUT2D eigenvalue weighted by Gasteiger charge is -2.26. The van der Waals surface area contributed by atoms with Gasteiger partial charge in [0.05, 0.1) is 17.5 Å². The Morgan fingerprint density at radius 2 is 1.83 bits per heavy atom. The molecule has 0 radical (unpaired) electrons. The minimum atomic E-state index is -3.67. The number of benzene rings is 2. The largest absolute Gasteiger partial charge is 0.454 e. The van der Waals surface area contributed by atoms with Gasteiger partial charge < -0.3 is 14.8 Å². The number of amides is 1. The summed E-state index contributed by atoms with van der Waals surface area (Å²) in [6.07, 6.45) is 0.695. The summed E-state index contributed by atoms with van der Waals surface area (Å²) in [6.45, 7) is 7.36. The van der Waals surface area contributed by atoms with E-state index >= 15 is 0 Å². The van der Waals surface area contributed by atoms with E-state index in [2.05, 4.69) is 11.4 Å². The Morgan fingerprint density at radius 1 is 1.10 bits per heavy atom. The van der Waals surface area contributed by atoms with E-state index in [0.717, 1.165) is 21.0 Å². The standard InChI is InChI=1S/C22H28N2O5S/c1-5-19(18-9-7-15(3)11-16(18)4)23-22(25)13-24(30(26,27)6-2)17-8-10-20-21(12-17)29-14-28-20/h7-12,19H,5-6,13-14H2,1-4H3,(H,23,25)/t19-/m1/s1. The fourth-order valence-electron chi connectivity index (χ4n) is 3.53. The summed E-state index contributed by atoms with van der Waals surface area (Å²) in [5.74, 6) is 0.531. The fraction of sp³-hybridized carbons (Fsp3) is 0.409. The van der Waals surface area contributed by atoms with Crippen molar-refractivity contribution in [2.45, 2.75) is 40.2 Å². The van der Waals surface area contributed by atoms with Crippen LogP contribution in [0.3, 0.4) is 0 Å². The van der Waals surface area contributed by atoms with Gasteiger partial charge in [-0.05, 0) is 50.5 Å². The number of sulfonamides is 1. The predicted molar refractivity (Wildman–Crippen MR) is 116 cm³/mol. The number of carbonyl (C=O) groups is 1. The van der Waals surface area contributed by atoms with Crippen LogP contribution in [0.25, 0.3) is 0 Å². The molecule has 8 heteroatoms. The highest BCUT2D eigenvalue weighted by Gasteiger charge is 2.27. The van der Waals surface area contributed by atoms with Crippen LogP contribution in [-0.2, 0) is 14.8 Å². The van der Waals surface area contributed by atoms with Crippen LogP contribution in [0, 0.1) is 13.8 Å². The first-order valence-electron chi connectivity index (χ1n) is 10.0. The van der Waals surface area contributed by atoms with E-state index in [9.17, 15) is 13.2 Å². The molecule has 1 aliphatic heterocycles. The van der Waals surface area contributed by atoms with Crippen molar-refractivity contribution in [3.63, 3.8) is 0 Å². The molecule has 0 unspecified atom stereocenters. The molecule has 2 aromatic rings. The molecule has 1 N–H and O–H groups in total. The molecule has 0 fully saturated rings. The van der Waals surface area contributed by atoms with E-state index in [1.165, 1.54) is 0 Å². The van der Waals surface area contributed by atoms with Crippen LogP contribution in [-0.4, -0.2) is 33.4 Å². The highest BCUT2D eigenvalue weighted by atomic mass is 32.2. The van der Waals surface area contributed by atoms with Gasteiger partial charge in [0.1, 0.15) is 6.54 Å². The van der Waals surface area contributed by atoms with Gasteiger partial charge >= 0.3 is 0 Å². The topological polar surface area (TPSA) is 84.9 Å². The summed E-state index contributed by atoms with van der Waals surface area (Å²) in [7, 11) is -3.67. The molecule has 30 heavy (non-hydrogen) atoms. The quantitative estimate of drug-likeness (QED) is 0.691. The summed E-state index contributed by atoms with van der Waals surface area (Å²) >= 11 is 0. The zero-order valence-corrected chi connectivity index (χ0v) is 18.6. The number of fused-ring (bicyclic) bond motifs is 1. The zero-order chi connectivity index (χ0) is 21.9. The third-order valence-corrected chi connectivity index (χ3v) is 6.92. The van der Waals surface area contributed by atoms with Crippen molar-refractivity contribution in [1.29, 1.82) is 0 Å². The van der Waals surface area contributed by atoms with Gasteiger partial charge in [-0.1, -0.05) is 30.7 Å². The Labute approximate surface area is 178 Å². The minimum Gasteiger partial charge on any atom is -0.454 e. The van der Waals surface area contributed by atoms with Gasteiger partial charge in [-0.15, -0.1) is 0 Å². The summed E-state index contributed by atoms with van der Waals surface area (Å²) in [5, 5.41) is 2.99. The maximum absolute atomic E-state index is 12.9. The molecule has 0 spiro atoms. The van der Waals surface area contributed by atoms with Gasteiger partial charge in [-0.25, -0.2) is 8.42 Å². The number of rotatable bonds is 8. The van der Waals surface area contributed by atoms with Crippen molar-refractivity contribution in [3.8, 4) is 11.5 Å². The van der Waals surface area contributed by atoms with Crippen LogP contribution < -0.4 is 19.1 Å². The molecule has 7 nitrogen and oxygen atoms in total. The monoisotopic (exact) mass is 432 g/mol. The van der Waals surface area contributed by atoms with E-state index in [-0.39, 0.29) is 31.0 Å². The Balaban J connectivity index is 1.83. The SMILES string of the molecule is CC[C@@H](NC(=O)CN(c1ccc2c(c1)OCO2)S(=O)(=O)CC)c1ccc(C)cc1C. The average Bonchev–Trinajstić information content (AvgIpc) is 3.18. The first-order chi connectivity index (χ1) is 14.2. The smallest absolute Gasteiger partial charge is 0.241 e. The predicted octanol–water partition coefficient (Wildman–Crippen LogP) is 3.46. The summed E-state index contributed by atoms with van der Waals surface area (Å²) in [6, 6.07) is 10.8. The summed E-state index contributed by atoms with van der Waals surface area (Å²) < 4.78 is 37.2. The molecule has 162 valence electrons. The number of aryl methyl sites for hydroxylation is 2. The molecule has 3 rings (SSSR count). The Kier molecular flexibility index (Phi) is 6.55. The van der Waals surface area contributed by atoms with Gasteiger partial charge in [-0.2, -0.15) is 0 Å². The van der Waals surface area contributed by atoms with Crippen LogP contribution in [0.2, 0.25) is 0 Å². The molecule has 0 saturated heterocycles. The first-order valence-corrected chi connectivity index (χ1v) is 11.6. The highest BCUT2D eigenvalue weighted by molar-refractivity contribution is 7.92. The molecule has 2 aromatic carbocycles. The lowest BCUT2D eigenvalue weighted by atomic mass is 9.97. The normalized spacial score (nSPS) is 13.7. The van der Waals surface area contributed by atoms with E-state index in [1.54, 1.807) is 25.1 Å². The second-order valence-corrected chi connectivity index (χ2v) is 9.52. The molecule has 0 aliphatic carbocycles. The van der Waals surface area contributed by atoms with Crippen LogP contribution in [0.1, 0.15) is 43.0 Å². The molecule has 0 aromatic heterocycles. The van der Waals surface area contributed by atoms with Crippen molar-refractivity contribution in [2.24, 2.45) is 0 Å². The Bertz CT molecular complexity index is 1040. The number of nitrogens with one attached hydrogen (secondary N) is 1. The zero-order valence-electron chi connectivity index (χ0n) is 17.8. The lowest BCUT2D eigenvalue weighted by molar-refractivity contribution is -0.120. The van der Waals surface area contributed by atoms with Crippen molar-refractivity contribution in [1.82, 2.24) is 5.32 Å². The number of ether oxygens (including phenoxy) is 2. The van der Waals surface area contributed by atoms with Gasteiger partial charge in [0.25, 0.3) is 0 Å². The van der Waals surface area contributed by atoms with Gasteiger partial charge in [0, 0.05) is 6.07 Å². The van der Waals surface area contributed by atoms with Crippen molar-refractivity contribution < 1.29 is 22.7 Å². The second kappa shape index (κ2) is 8.95. The third kappa shape index (κ3) is 4.70. The number of carbonyl (C=O) groups excluding carboxylic acids is 1. The number of anilines is 1. The highest BCUT2D eigenvalue weighted by Crippen LogP contribution is 2.36. The van der Waals surface area contributed by atoms with Crippen LogP contribution >= 0.6 is 0 Å². The molecular formula is C22H28N2O5S. The molecule has 1 aliphatic rings. The van der Waals surface area contributed by atoms with E-state index < -0.39 is 10.0 Å². The van der Waals surface area contributed by atoms with Gasteiger partial charge in [-0.3, -0.25) is 9.10 Å². The second-order valence-electron chi connectivity index (χ2n) is 7.33. The maximum atomic E-state index is 12.9. The number of nitrogens with zero attached hydrogens (tertiary/aromatic N) is 1. The van der Waals surface area contributed by atoms with Crippen LogP contribution in [0.15, 0.2) is 36.4 Å². The van der Waals surface area contributed by atoms with Crippen molar-refractivity contribution in [3.05, 3.63) is 53.1 Å². The van der Waals surface area contributed by atoms with Gasteiger partial charge in [0.15, 0.2) is 11.5 Å². The molecular weight excluding hydrogens is 404 g/mol. The lowest BCUT2D eigenvalue weighted by Crippen LogP contribution is -2.42. The average molecular weight is 433 g/mol. The summed E-state index contributed by atoms with van der Waals surface area (Å²) in [4.78, 5) is 12.9. The Hall–Kier alpha value is -2.74. The molecule has 0 bridgehead atoms. The number of hydrogen-bond acceptors (Lipinski definition) is 5. The third-order valence-electron chi connectivity index (χ3n) is 5.18. The van der Waals surface area contributed by atoms with Gasteiger partial charge in [0.2, 0.25) is 22.7 Å². The molecule has 1 heterocycles. The van der Waals surface area contributed by atoms with E-state index in [1.807, 2.05) is 32.9 Å². The first kappa shape index (κ1) is 22.0. The molecule has 1 atom stereocenters. The summed E-state index contributed by atoms with van der Waals surface area (Å²) in [5.41, 5.74) is 3.65. The van der Waals surface area contributed by atoms with Crippen molar-refractivity contribution in [2.75, 3.05) is 23.4 Å². The number of hydrogen-bond donors (Lipinski definition) is 1. The van der Waals surface area contributed by atoms with E-state index in [0.29, 0.717) is 23.6 Å². The minimum absolute atomic E-state index is 0.0912. The van der Waals surface area contributed by atoms with Crippen LogP contribution in [0.4, 0.5) is 5.69 Å². The molecule has 0 saturated carbocycles. The fourth-order valence-corrected chi connectivity index (χ4v) is 4.59. The molecule has 1 amide bonds. The maximum Gasteiger partial charge on any atom is 0.241 e. The van der Waals surface area contributed by atoms with E-state index in [4.69, 9.17) is 9.47 Å². The Morgan fingerprint density at radius 3 is 2.50 bits per heavy atom. The van der Waals surface area contributed by atoms with Crippen LogP contribution in [0.5, 0.6) is 11.5 Å².